The van der Waals surface area contributed by atoms with Gasteiger partial charge in [-0.2, -0.15) is 0 Å². The zero-order valence-electron chi connectivity index (χ0n) is 12.0. The summed E-state index contributed by atoms with van der Waals surface area (Å²) in [6.45, 7) is 6.90. The van der Waals surface area contributed by atoms with E-state index in [9.17, 15) is 0 Å². The minimum Gasteiger partial charge on any atom is -0.0877 e. The highest BCUT2D eigenvalue weighted by Crippen LogP contribution is 2.29. The summed E-state index contributed by atoms with van der Waals surface area (Å²) < 4.78 is 0. The van der Waals surface area contributed by atoms with E-state index in [1.807, 2.05) is 0 Å². The highest BCUT2D eigenvalue weighted by Gasteiger charge is 2.17. The molecule has 0 bridgehead atoms. The molecule has 1 rings (SSSR count). The number of allylic oxidation sites excluding steroid dienone is 4. The summed E-state index contributed by atoms with van der Waals surface area (Å²) in [5.74, 6) is 2.37. The molecule has 0 spiro atoms. The van der Waals surface area contributed by atoms with Gasteiger partial charge in [-0.1, -0.05) is 64.3 Å². The Hall–Kier alpha value is -0.520. The lowest BCUT2D eigenvalue weighted by molar-refractivity contribution is 0.404. The standard InChI is InChI=1S/C17H30/c1-4-8-15-11-7-12-16(9-5-2)17(10-6-3)14-13-15/h7,12-17H,4-6,8-11H2,1-3H3/t15-,16+,17-/m0/s1. The van der Waals surface area contributed by atoms with Crippen LogP contribution in [0.2, 0.25) is 0 Å². The van der Waals surface area contributed by atoms with Crippen LogP contribution in [0.15, 0.2) is 24.3 Å². The molecular weight excluding hydrogens is 204 g/mol. The summed E-state index contributed by atoms with van der Waals surface area (Å²) >= 11 is 0. The van der Waals surface area contributed by atoms with E-state index < -0.39 is 0 Å². The lowest BCUT2D eigenvalue weighted by Gasteiger charge is -2.24. The zero-order valence-corrected chi connectivity index (χ0v) is 12.0. The van der Waals surface area contributed by atoms with Crippen LogP contribution in [-0.2, 0) is 0 Å². The normalized spacial score (nSPS) is 29.0. The molecule has 0 aromatic carbocycles. The first-order valence-electron chi connectivity index (χ1n) is 7.66. The maximum absolute atomic E-state index is 2.54. The van der Waals surface area contributed by atoms with Crippen molar-refractivity contribution in [3.8, 4) is 0 Å². The Kier molecular flexibility index (Phi) is 7.32. The van der Waals surface area contributed by atoms with Gasteiger partial charge in [-0.25, -0.2) is 0 Å². The lowest BCUT2D eigenvalue weighted by Crippen LogP contribution is -2.12. The Morgan fingerprint density at radius 3 is 1.94 bits per heavy atom. The van der Waals surface area contributed by atoms with Gasteiger partial charge in [-0.15, -0.1) is 0 Å². The van der Waals surface area contributed by atoms with Crippen LogP contribution in [0.25, 0.3) is 0 Å². The van der Waals surface area contributed by atoms with E-state index >= 15 is 0 Å². The molecule has 0 saturated heterocycles. The second-order valence-corrected chi connectivity index (χ2v) is 5.50. The molecule has 0 nitrogen and oxygen atoms in total. The van der Waals surface area contributed by atoms with Gasteiger partial charge >= 0.3 is 0 Å². The van der Waals surface area contributed by atoms with Crippen LogP contribution in [0.5, 0.6) is 0 Å². The summed E-state index contributed by atoms with van der Waals surface area (Å²) in [6, 6.07) is 0. The van der Waals surface area contributed by atoms with Gasteiger partial charge in [0.05, 0.1) is 0 Å². The van der Waals surface area contributed by atoms with Gasteiger partial charge < -0.3 is 0 Å². The van der Waals surface area contributed by atoms with Crippen molar-refractivity contribution in [2.24, 2.45) is 17.8 Å². The molecule has 0 unspecified atom stereocenters. The van der Waals surface area contributed by atoms with Crippen molar-refractivity contribution in [2.75, 3.05) is 0 Å². The maximum atomic E-state index is 2.54. The zero-order chi connectivity index (χ0) is 12.5. The summed E-state index contributed by atoms with van der Waals surface area (Å²) in [7, 11) is 0. The van der Waals surface area contributed by atoms with Crippen LogP contribution in [-0.4, -0.2) is 0 Å². The molecule has 0 N–H and O–H groups in total. The van der Waals surface area contributed by atoms with Crippen molar-refractivity contribution in [3.63, 3.8) is 0 Å². The average Bonchev–Trinajstić information content (AvgIpc) is 2.31. The molecule has 0 heteroatoms. The minimum atomic E-state index is 0.788. The van der Waals surface area contributed by atoms with E-state index in [4.69, 9.17) is 0 Å². The molecule has 1 aliphatic rings. The van der Waals surface area contributed by atoms with Crippen molar-refractivity contribution in [2.45, 2.75) is 65.7 Å². The molecule has 0 aliphatic heterocycles. The van der Waals surface area contributed by atoms with Gasteiger partial charge in [0.25, 0.3) is 0 Å². The van der Waals surface area contributed by atoms with Gasteiger partial charge in [-0.3, -0.25) is 0 Å². The van der Waals surface area contributed by atoms with Crippen LogP contribution < -0.4 is 0 Å². The molecule has 0 heterocycles. The van der Waals surface area contributed by atoms with Crippen molar-refractivity contribution in [1.29, 1.82) is 0 Å². The van der Waals surface area contributed by atoms with Crippen LogP contribution in [0.1, 0.15) is 65.7 Å². The third-order valence-corrected chi connectivity index (χ3v) is 3.91. The van der Waals surface area contributed by atoms with Gasteiger partial charge in [-0.05, 0) is 43.4 Å². The average molecular weight is 234 g/mol. The Morgan fingerprint density at radius 2 is 1.35 bits per heavy atom. The first-order chi connectivity index (χ1) is 8.31. The second-order valence-electron chi connectivity index (χ2n) is 5.50. The predicted octanol–water partition coefficient (Wildman–Crippen LogP) is 5.75. The summed E-state index contributed by atoms with van der Waals surface area (Å²) in [5, 5.41) is 0. The number of hydrogen-bond donors (Lipinski definition) is 0. The fraction of sp³-hybridized carbons (Fsp3) is 0.765. The first kappa shape index (κ1) is 14.5. The SMILES string of the molecule is CCC[C@@H]1C=C[C@H](CCC)[C@H](CCC)C=CC1. The highest BCUT2D eigenvalue weighted by molar-refractivity contribution is 5.05. The molecule has 3 atom stereocenters. The van der Waals surface area contributed by atoms with Gasteiger partial charge in [0.15, 0.2) is 0 Å². The fourth-order valence-electron chi connectivity index (χ4n) is 2.96. The van der Waals surface area contributed by atoms with E-state index in [1.54, 1.807) is 0 Å². The quantitative estimate of drug-likeness (QED) is 0.513. The van der Waals surface area contributed by atoms with Crippen LogP contribution >= 0.6 is 0 Å². The molecular formula is C17H30. The van der Waals surface area contributed by atoms with Crippen LogP contribution in [0.4, 0.5) is 0 Å². The molecule has 0 fully saturated rings. The molecule has 0 radical (unpaired) electrons. The molecule has 98 valence electrons. The summed E-state index contributed by atoms with van der Waals surface area (Å²) in [4.78, 5) is 0. The van der Waals surface area contributed by atoms with Gasteiger partial charge in [0.1, 0.15) is 0 Å². The van der Waals surface area contributed by atoms with Gasteiger partial charge in [0.2, 0.25) is 0 Å². The summed E-state index contributed by atoms with van der Waals surface area (Å²) in [6.07, 6.45) is 19.2. The van der Waals surface area contributed by atoms with E-state index in [1.165, 1.54) is 44.9 Å². The molecule has 0 amide bonds. The third-order valence-electron chi connectivity index (χ3n) is 3.91. The van der Waals surface area contributed by atoms with E-state index in [0.717, 1.165) is 17.8 Å². The number of hydrogen-bond acceptors (Lipinski definition) is 0. The largest absolute Gasteiger partial charge is 0.0877 e. The lowest BCUT2D eigenvalue weighted by atomic mass is 9.81. The van der Waals surface area contributed by atoms with E-state index in [0.29, 0.717) is 0 Å². The smallest absolute Gasteiger partial charge is 0.0171 e. The van der Waals surface area contributed by atoms with Crippen molar-refractivity contribution in [1.82, 2.24) is 0 Å². The molecule has 0 saturated carbocycles. The van der Waals surface area contributed by atoms with Crippen molar-refractivity contribution >= 4 is 0 Å². The van der Waals surface area contributed by atoms with Crippen molar-refractivity contribution in [3.05, 3.63) is 24.3 Å². The highest BCUT2D eigenvalue weighted by atomic mass is 14.2. The van der Waals surface area contributed by atoms with Crippen molar-refractivity contribution < 1.29 is 0 Å². The predicted molar refractivity (Wildman–Crippen MR) is 78.1 cm³/mol. The van der Waals surface area contributed by atoms with E-state index in [-0.39, 0.29) is 0 Å². The Labute approximate surface area is 108 Å². The monoisotopic (exact) mass is 234 g/mol. The maximum Gasteiger partial charge on any atom is -0.0171 e. The Morgan fingerprint density at radius 1 is 0.765 bits per heavy atom. The van der Waals surface area contributed by atoms with Gasteiger partial charge in [0, 0.05) is 0 Å². The molecule has 0 aromatic rings. The molecule has 17 heavy (non-hydrogen) atoms. The minimum absolute atomic E-state index is 0.788. The first-order valence-corrected chi connectivity index (χ1v) is 7.66. The van der Waals surface area contributed by atoms with Crippen LogP contribution in [0.3, 0.4) is 0 Å². The Balaban J connectivity index is 2.67. The topological polar surface area (TPSA) is 0 Å². The second kappa shape index (κ2) is 8.55. The van der Waals surface area contributed by atoms with Crippen LogP contribution in [0, 0.1) is 17.8 Å². The molecule has 1 aliphatic carbocycles. The fourth-order valence-corrected chi connectivity index (χ4v) is 2.96. The number of rotatable bonds is 6. The Bertz CT molecular complexity index is 236. The molecule has 0 aromatic heterocycles. The van der Waals surface area contributed by atoms with E-state index in [2.05, 4.69) is 45.1 Å². The summed E-state index contributed by atoms with van der Waals surface area (Å²) in [5.41, 5.74) is 0. The third kappa shape index (κ3) is 5.10.